The van der Waals surface area contributed by atoms with Crippen molar-refractivity contribution in [2.45, 2.75) is 26.7 Å². The Balaban J connectivity index is 2.73. The van der Waals surface area contributed by atoms with Gasteiger partial charge in [0.25, 0.3) is 11.1 Å². The van der Waals surface area contributed by atoms with E-state index in [0.29, 0.717) is 18.2 Å². The first kappa shape index (κ1) is 13.3. The summed E-state index contributed by atoms with van der Waals surface area (Å²) in [5.41, 5.74) is -0.0738. The Morgan fingerprint density at radius 1 is 1.12 bits per heavy atom. The molecule has 6 nitrogen and oxygen atoms in total. The van der Waals surface area contributed by atoms with E-state index in [4.69, 9.17) is 0 Å². The van der Waals surface area contributed by atoms with Crippen LogP contribution < -0.4 is 21.8 Å². The van der Waals surface area contributed by atoms with E-state index in [0.717, 1.165) is 12.8 Å². The summed E-state index contributed by atoms with van der Waals surface area (Å²) in [6.45, 7) is 4.98. The van der Waals surface area contributed by atoms with Gasteiger partial charge in [-0.25, -0.2) is 0 Å². The third kappa shape index (κ3) is 3.65. The Kier molecular flexibility index (Phi) is 4.81. The third-order valence-electron chi connectivity index (χ3n) is 2.50. The van der Waals surface area contributed by atoms with Gasteiger partial charge in [0.2, 0.25) is 0 Å². The molecule has 0 amide bonds. The van der Waals surface area contributed by atoms with E-state index >= 15 is 0 Å². The fraction of sp³-hybridized carbons (Fsp3) is 0.636. The van der Waals surface area contributed by atoms with E-state index in [1.54, 1.807) is 7.05 Å². The lowest BCUT2D eigenvalue weighted by Gasteiger charge is -2.10. The molecular weight excluding hydrogens is 220 g/mol. The molecule has 1 aromatic rings. The van der Waals surface area contributed by atoms with Crippen molar-refractivity contribution in [1.29, 1.82) is 0 Å². The van der Waals surface area contributed by atoms with Crippen LogP contribution in [0.15, 0.2) is 9.59 Å². The molecular formula is C11H20N4O2. The molecule has 0 saturated heterocycles. The van der Waals surface area contributed by atoms with Gasteiger partial charge in [-0.05, 0) is 18.8 Å². The maximum absolute atomic E-state index is 11.6. The fourth-order valence-electron chi connectivity index (χ4n) is 1.60. The molecule has 4 N–H and O–H groups in total. The third-order valence-corrected chi connectivity index (χ3v) is 2.50. The second-order valence-corrected chi connectivity index (χ2v) is 4.37. The Morgan fingerprint density at radius 2 is 1.71 bits per heavy atom. The summed E-state index contributed by atoms with van der Waals surface area (Å²) >= 11 is 0. The second kappa shape index (κ2) is 6.12. The van der Waals surface area contributed by atoms with E-state index < -0.39 is 0 Å². The number of aromatic amines is 2. The van der Waals surface area contributed by atoms with Crippen LogP contribution in [0.1, 0.15) is 26.7 Å². The molecule has 0 saturated carbocycles. The lowest BCUT2D eigenvalue weighted by molar-refractivity contribution is 0.567. The number of aromatic nitrogens is 2. The van der Waals surface area contributed by atoms with Crippen LogP contribution in [-0.4, -0.2) is 23.8 Å². The number of nitrogens with one attached hydrogen (secondary N) is 4. The first-order valence-corrected chi connectivity index (χ1v) is 5.82. The Bertz CT molecular complexity index is 461. The van der Waals surface area contributed by atoms with E-state index in [1.165, 1.54) is 0 Å². The van der Waals surface area contributed by atoms with Crippen LogP contribution in [-0.2, 0) is 0 Å². The predicted octanol–water partition coefficient (Wildman–Crippen LogP) is 0.953. The van der Waals surface area contributed by atoms with Crippen molar-refractivity contribution < 1.29 is 0 Å². The zero-order chi connectivity index (χ0) is 12.8. The highest BCUT2D eigenvalue weighted by atomic mass is 16.1. The average Bonchev–Trinajstić information content (AvgIpc) is 2.28. The molecule has 0 aliphatic carbocycles. The molecule has 96 valence electrons. The molecule has 0 spiro atoms. The molecule has 6 heteroatoms. The molecule has 0 radical (unpaired) electrons. The first-order valence-electron chi connectivity index (χ1n) is 5.82. The van der Waals surface area contributed by atoms with Gasteiger partial charge in [-0.15, -0.1) is 0 Å². The summed E-state index contributed by atoms with van der Waals surface area (Å²) in [6, 6.07) is 0. The van der Waals surface area contributed by atoms with Crippen LogP contribution in [0.25, 0.3) is 0 Å². The molecule has 0 unspecified atom stereocenters. The predicted molar refractivity (Wildman–Crippen MR) is 69.8 cm³/mol. The molecule has 17 heavy (non-hydrogen) atoms. The number of rotatable bonds is 6. The monoisotopic (exact) mass is 240 g/mol. The molecule has 0 aliphatic rings. The van der Waals surface area contributed by atoms with Gasteiger partial charge < -0.3 is 10.6 Å². The van der Waals surface area contributed by atoms with Gasteiger partial charge in [-0.2, -0.15) is 0 Å². The smallest absolute Gasteiger partial charge is 0.288 e. The van der Waals surface area contributed by atoms with Crippen molar-refractivity contribution in [3.05, 3.63) is 20.7 Å². The Morgan fingerprint density at radius 3 is 2.24 bits per heavy atom. The molecule has 1 aromatic heterocycles. The van der Waals surface area contributed by atoms with Gasteiger partial charge in [0.15, 0.2) is 0 Å². The minimum atomic E-state index is -0.335. The summed E-state index contributed by atoms with van der Waals surface area (Å²) in [5, 5.41) is 10.3. The Labute approximate surface area is 99.8 Å². The van der Waals surface area contributed by atoms with Gasteiger partial charge in [0, 0.05) is 13.6 Å². The van der Waals surface area contributed by atoms with Crippen molar-refractivity contribution in [1.82, 2.24) is 10.2 Å². The minimum absolute atomic E-state index is 0.276. The minimum Gasteiger partial charge on any atom is -0.382 e. The van der Waals surface area contributed by atoms with Crippen molar-refractivity contribution in [3.8, 4) is 0 Å². The molecule has 0 aliphatic heterocycles. The summed E-state index contributed by atoms with van der Waals surface area (Å²) < 4.78 is 0. The van der Waals surface area contributed by atoms with E-state index in [2.05, 4.69) is 34.7 Å². The van der Waals surface area contributed by atoms with Crippen LogP contribution >= 0.6 is 0 Å². The van der Waals surface area contributed by atoms with E-state index in [-0.39, 0.29) is 16.8 Å². The van der Waals surface area contributed by atoms with Crippen LogP contribution in [0.3, 0.4) is 0 Å². The van der Waals surface area contributed by atoms with Gasteiger partial charge in [0.05, 0.1) is 0 Å². The number of H-pyrrole nitrogens is 2. The average molecular weight is 240 g/mol. The molecule has 0 bridgehead atoms. The zero-order valence-electron chi connectivity index (χ0n) is 10.5. The molecule has 0 aromatic carbocycles. The quantitative estimate of drug-likeness (QED) is 0.557. The summed E-state index contributed by atoms with van der Waals surface area (Å²) in [7, 11) is 1.61. The highest BCUT2D eigenvalue weighted by molar-refractivity contribution is 5.65. The molecule has 0 atom stereocenters. The lowest BCUT2D eigenvalue weighted by atomic mass is 10.1. The number of anilines is 2. The van der Waals surface area contributed by atoms with Gasteiger partial charge >= 0.3 is 0 Å². The van der Waals surface area contributed by atoms with Crippen LogP contribution in [0, 0.1) is 5.92 Å². The highest BCUT2D eigenvalue weighted by Crippen LogP contribution is 2.10. The van der Waals surface area contributed by atoms with Gasteiger partial charge in [0.1, 0.15) is 11.4 Å². The lowest BCUT2D eigenvalue weighted by Crippen LogP contribution is -2.26. The summed E-state index contributed by atoms with van der Waals surface area (Å²) in [6.07, 6.45) is 2.05. The first-order chi connectivity index (χ1) is 8.06. The van der Waals surface area contributed by atoms with E-state index in [9.17, 15) is 9.59 Å². The molecule has 0 fully saturated rings. The summed E-state index contributed by atoms with van der Waals surface area (Å²) in [5.74, 6) is 0.637. The van der Waals surface area contributed by atoms with Crippen LogP contribution in [0.2, 0.25) is 0 Å². The fourth-order valence-corrected chi connectivity index (χ4v) is 1.60. The van der Waals surface area contributed by atoms with Crippen molar-refractivity contribution in [2.24, 2.45) is 5.92 Å². The largest absolute Gasteiger partial charge is 0.382 e. The number of hydrogen-bond acceptors (Lipinski definition) is 4. The van der Waals surface area contributed by atoms with Crippen LogP contribution in [0.4, 0.5) is 11.4 Å². The SMILES string of the molecule is CNc1c(NCCCC(C)C)c(=O)[nH][nH]c1=O. The highest BCUT2D eigenvalue weighted by Gasteiger charge is 2.09. The molecule has 1 rings (SSSR count). The molecule has 1 heterocycles. The van der Waals surface area contributed by atoms with Gasteiger partial charge in [-0.3, -0.25) is 19.8 Å². The topological polar surface area (TPSA) is 89.8 Å². The van der Waals surface area contributed by atoms with E-state index in [1.807, 2.05) is 0 Å². The normalized spacial score (nSPS) is 10.6. The second-order valence-electron chi connectivity index (χ2n) is 4.37. The van der Waals surface area contributed by atoms with Crippen molar-refractivity contribution >= 4 is 11.4 Å². The standard InChI is InChI=1S/C11H20N4O2/c1-7(2)5-4-6-13-9-8(12-3)10(16)14-15-11(9)17/h7H,4-6H2,1-3H3,(H2,12,15,17)(H2,13,14,16). The maximum atomic E-state index is 11.6. The van der Waals surface area contributed by atoms with Crippen molar-refractivity contribution in [3.63, 3.8) is 0 Å². The zero-order valence-corrected chi connectivity index (χ0v) is 10.5. The maximum Gasteiger partial charge on any atom is 0.288 e. The van der Waals surface area contributed by atoms with Gasteiger partial charge in [-0.1, -0.05) is 13.8 Å². The van der Waals surface area contributed by atoms with Crippen LogP contribution in [0.5, 0.6) is 0 Å². The number of hydrogen-bond donors (Lipinski definition) is 4. The Hall–Kier alpha value is -1.72. The van der Waals surface area contributed by atoms with Crippen molar-refractivity contribution in [2.75, 3.05) is 24.2 Å². The summed E-state index contributed by atoms with van der Waals surface area (Å²) in [4.78, 5) is 23.0.